The molecule has 1 atom stereocenters. The van der Waals surface area contributed by atoms with Crippen LogP contribution in [-0.4, -0.2) is 28.8 Å². The number of ether oxygens (including phenoxy) is 1. The Morgan fingerprint density at radius 1 is 1.15 bits per heavy atom. The lowest BCUT2D eigenvalue weighted by Crippen LogP contribution is -2.73. The van der Waals surface area contributed by atoms with Crippen molar-refractivity contribution < 1.29 is 32.6 Å². The first-order valence-corrected chi connectivity index (χ1v) is 8.26. The maximum Gasteiger partial charge on any atom is 0.408 e. The van der Waals surface area contributed by atoms with E-state index in [0.717, 1.165) is 6.07 Å². The van der Waals surface area contributed by atoms with Gasteiger partial charge in [-0.25, -0.2) is 22.8 Å². The third-order valence-corrected chi connectivity index (χ3v) is 5.20. The van der Waals surface area contributed by atoms with Gasteiger partial charge in [-0.3, -0.25) is 0 Å². The predicted molar refractivity (Wildman–Crippen MR) is 85.1 cm³/mol. The summed E-state index contributed by atoms with van der Waals surface area (Å²) in [5, 5.41) is 11.9. The number of alkyl carbamates (subject to hydrolysis) is 1. The maximum atomic E-state index is 14.1. The molecule has 1 unspecified atom stereocenters. The molecular weight excluding hydrogens is 351 g/mol. The second-order valence-electron chi connectivity index (χ2n) is 8.31. The Hall–Kier alpha value is -2.25. The number of halogens is 3. The minimum Gasteiger partial charge on any atom is -0.480 e. The van der Waals surface area contributed by atoms with Gasteiger partial charge in [0.25, 0.3) is 0 Å². The molecule has 0 saturated heterocycles. The minimum absolute atomic E-state index is 0.0553. The van der Waals surface area contributed by atoms with Crippen LogP contribution in [0.1, 0.15) is 45.6 Å². The lowest BCUT2D eigenvalue weighted by atomic mass is 9.31. The summed E-state index contributed by atoms with van der Waals surface area (Å²) in [6.07, 6.45) is -0.0270. The van der Waals surface area contributed by atoms with Gasteiger partial charge in [0.05, 0.1) is 0 Å². The number of hydrogen-bond acceptors (Lipinski definition) is 3. The van der Waals surface area contributed by atoms with Crippen molar-refractivity contribution in [2.24, 2.45) is 5.41 Å². The molecule has 2 N–H and O–H groups in total. The highest BCUT2D eigenvalue weighted by molar-refractivity contribution is 5.82. The van der Waals surface area contributed by atoms with Gasteiger partial charge < -0.3 is 15.2 Å². The van der Waals surface area contributed by atoms with E-state index in [1.807, 2.05) is 0 Å². The molecule has 3 aliphatic rings. The first-order chi connectivity index (χ1) is 11.9. The molecule has 8 heteroatoms. The number of carboxylic acid groups (broad SMARTS) is 1. The first-order valence-electron chi connectivity index (χ1n) is 8.26. The van der Waals surface area contributed by atoms with Crippen LogP contribution in [0.15, 0.2) is 12.1 Å². The van der Waals surface area contributed by atoms with Crippen LogP contribution in [0.5, 0.6) is 0 Å². The van der Waals surface area contributed by atoms with E-state index in [9.17, 15) is 27.9 Å². The fourth-order valence-electron chi connectivity index (χ4n) is 4.30. The van der Waals surface area contributed by atoms with E-state index in [4.69, 9.17) is 4.74 Å². The quantitative estimate of drug-likeness (QED) is 0.795. The standard InChI is InChI=1S/C18H20F3NO4/c1-16(2,3)26-15(25)22-13(14(23)24)18-6-17(7-18,8-18)9-4-5-10(19)12(21)11(9)20/h4-5,13H,6-8H2,1-3H3,(H,22,25)(H,23,24). The van der Waals surface area contributed by atoms with Crippen LogP contribution in [0, 0.1) is 22.9 Å². The predicted octanol–water partition coefficient (Wildman–Crippen LogP) is 3.50. The number of carboxylic acids is 1. The Balaban J connectivity index is 1.74. The summed E-state index contributed by atoms with van der Waals surface area (Å²) in [5.41, 5.74) is -2.16. The summed E-state index contributed by atoms with van der Waals surface area (Å²) in [7, 11) is 0. The zero-order chi connectivity index (χ0) is 19.5. The van der Waals surface area contributed by atoms with Gasteiger partial charge in [0.15, 0.2) is 17.5 Å². The molecular formula is C18H20F3NO4. The van der Waals surface area contributed by atoms with Crippen molar-refractivity contribution >= 4 is 12.1 Å². The molecule has 0 aromatic heterocycles. The van der Waals surface area contributed by atoms with E-state index in [1.54, 1.807) is 20.8 Å². The maximum absolute atomic E-state index is 14.1. The van der Waals surface area contributed by atoms with Crippen LogP contribution in [0.25, 0.3) is 0 Å². The number of benzene rings is 1. The molecule has 3 fully saturated rings. The zero-order valence-electron chi connectivity index (χ0n) is 14.7. The van der Waals surface area contributed by atoms with Crippen LogP contribution >= 0.6 is 0 Å². The second-order valence-corrected chi connectivity index (χ2v) is 8.31. The van der Waals surface area contributed by atoms with E-state index in [2.05, 4.69) is 5.32 Å². The lowest BCUT2D eigenvalue weighted by molar-refractivity contribution is -0.184. The smallest absolute Gasteiger partial charge is 0.408 e. The van der Waals surface area contributed by atoms with E-state index in [1.165, 1.54) is 6.07 Å². The third kappa shape index (κ3) is 2.81. The summed E-state index contributed by atoms with van der Waals surface area (Å²) in [6, 6.07) is 0.884. The number of rotatable bonds is 4. The van der Waals surface area contributed by atoms with Gasteiger partial charge in [0.2, 0.25) is 0 Å². The first kappa shape index (κ1) is 18.5. The number of carbonyl (C=O) groups is 2. The van der Waals surface area contributed by atoms with Crippen molar-refractivity contribution in [2.45, 2.75) is 57.1 Å². The Kier molecular flexibility index (Phi) is 4.01. The van der Waals surface area contributed by atoms with Gasteiger partial charge in [0, 0.05) is 10.8 Å². The minimum atomic E-state index is -1.53. The Labute approximate surface area is 148 Å². The number of amides is 1. The molecule has 0 aliphatic heterocycles. The average Bonchev–Trinajstić information content (AvgIpc) is 2.41. The monoisotopic (exact) mass is 371 g/mol. The molecule has 4 rings (SSSR count). The van der Waals surface area contributed by atoms with E-state index < -0.39 is 52.0 Å². The van der Waals surface area contributed by atoms with Crippen molar-refractivity contribution in [1.82, 2.24) is 5.32 Å². The van der Waals surface area contributed by atoms with Crippen LogP contribution in [0.3, 0.4) is 0 Å². The van der Waals surface area contributed by atoms with Gasteiger partial charge >= 0.3 is 12.1 Å². The van der Waals surface area contributed by atoms with Gasteiger partial charge in [-0.2, -0.15) is 0 Å². The number of nitrogens with one attached hydrogen (secondary N) is 1. The highest BCUT2D eigenvalue weighted by atomic mass is 19.2. The van der Waals surface area contributed by atoms with Crippen LogP contribution in [0.2, 0.25) is 0 Å². The third-order valence-electron chi connectivity index (χ3n) is 5.20. The Bertz CT molecular complexity index is 768. The van der Waals surface area contributed by atoms with Crippen molar-refractivity contribution in [3.8, 4) is 0 Å². The van der Waals surface area contributed by atoms with Crippen LogP contribution < -0.4 is 5.32 Å². The Morgan fingerprint density at radius 3 is 2.23 bits per heavy atom. The van der Waals surface area contributed by atoms with Gasteiger partial charge in [-0.15, -0.1) is 0 Å². The highest BCUT2D eigenvalue weighted by Crippen LogP contribution is 2.75. The van der Waals surface area contributed by atoms with Crippen LogP contribution in [-0.2, 0) is 14.9 Å². The number of carbonyl (C=O) groups excluding carboxylic acids is 1. The molecule has 5 nitrogen and oxygen atoms in total. The molecule has 1 amide bonds. The fourth-order valence-corrected chi connectivity index (χ4v) is 4.30. The topological polar surface area (TPSA) is 75.6 Å². The second kappa shape index (κ2) is 5.62. The van der Waals surface area contributed by atoms with E-state index >= 15 is 0 Å². The molecule has 0 radical (unpaired) electrons. The summed E-state index contributed by atoms with van der Waals surface area (Å²) in [4.78, 5) is 23.5. The number of hydrogen-bond donors (Lipinski definition) is 2. The lowest BCUT2D eigenvalue weighted by Gasteiger charge is -2.72. The van der Waals surface area contributed by atoms with E-state index in [0.29, 0.717) is 0 Å². The SMILES string of the molecule is CC(C)(C)OC(=O)NC(C(=O)O)C12CC(c3ccc(F)c(F)c3F)(C1)C2. The average molecular weight is 371 g/mol. The van der Waals surface area contributed by atoms with Crippen molar-refractivity contribution in [1.29, 1.82) is 0 Å². The van der Waals surface area contributed by atoms with Crippen molar-refractivity contribution in [3.63, 3.8) is 0 Å². The molecule has 26 heavy (non-hydrogen) atoms. The van der Waals surface area contributed by atoms with Crippen LogP contribution in [0.4, 0.5) is 18.0 Å². The molecule has 0 heterocycles. The fraction of sp³-hybridized carbons (Fsp3) is 0.556. The molecule has 3 saturated carbocycles. The van der Waals surface area contributed by atoms with E-state index in [-0.39, 0.29) is 24.8 Å². The van der Waals surface area contributed by atoms with Crippen molar-refractivity contribution in [3.05, 3.63) is 35.1 Å². The molecule has 0 spiro atoms. The van der Waals surface area contributed by atoms with Crippen molar-refractivity contribution in [2.75, 3.05) is 0 Å². The summed E-state index contributed by atoms with van der Waals surface area (Å²) in [5.74, 6) is -5.23. The molecule has 3 aliphatic carbocycles. The summed E-state index contributed by atoms with van der Waals surface area (Å²) < 4.78 is 45.8. The largest absolute Gasteiger partial charge is 0.480 e. The summed E-state index contributed by atoms with van der Waals surface area (Å²) in [6.45, 7) is 4.97. The summed E-state index contributed by atoms with van der Waals surface area (Å²) >= 11 is 0. The number of aliphatic carboxylic acids is 1. The molecule has 2 bridgehead atoms. The Morgan fingerprint density at radius 2 is 1.73 bits per heavy atom. The zero-order valence-corrected chi connectivity index (χ0v) is 14.7. The highest BCUT2D eigenvalue weighted by Gasteiger charge is 2.73. The molecule has 1 aromatic carbocycles. The van der Waals surface area contributed by atoms with Gasteiger partial charge in [-0.1, -0.05) is 6.07 Å². The molecule has 142 valence electrons. The normalized spacial score (nSPS) is 27.8. The van der Waals surface area contributed by atoms with Gasteiger partial charge in [0.1, 0.15) is 11.6 Å². The van der Waals surface area contributed by atoms with Gasteiger partial charge in [-0.05, 0) is 51.7 Å². The molecule has 1 aromatic rings.